The summed E-state index contributed by atoms with van der Waals surface area (Å²) in [4.78, 5) is 28.3. The van der Waals surface area contributed by atoms with Gasteiger partial charge in [-0.25, -0.2) is 4.98 Å². The van der Waals surface area contributed by atoms with E-state index in [1.54, 1.807) is 32.4 Å². The van der Waals surface area contributed by atoms with Crippen LogP contribution in [0, 0.1) is 13.8 Å². The second-order valence-electron chi connectivity index (χ2n) is 4.42. The zero-order valence-corrected chi connectivity index (χ0v) is 12.3. The molecule has 0 aliphatic rings. The molecule has 0 unspecified atom stereocenters. The van der Waals surface area contributed by atoms with Crippen molar-refractivity contribution in [2.24, 2.45) is 7.05 Å². The third-order valence-corrected chi connectivity index (χ3v) is 3.61. The Morgan fingerprint density at radius 2 is 2.20 bits per heavy atom. The Kier molecular flexibility index (Phi) is 4.14. The number of thiazole rings is 1. The molecule has 2 aromatic heterocycles. The summed E-state index contributed by atoms with van der Waals surface area (Å²) in [6.07, 6.45) is 6.51. The van der Waals surface area contributed by atoms with Crippen molar-refractivity contribution in [1.82, 2.24) is 9.55 Å². The quantitative estimate of drug-likeness (QED) is 0.880. The summed E-state index contributed by atoms with van der Waals surface area (Å²) < 4.78 is 1.43. The van der Waals surface area contributed by atoms with E-state index in [1.807, 2.05) is 6.92 Å². The van der Waals surface area contributed by atoms with Gasteiger partial charge < -0.3 is 9.88 Å². The van der Waals surface area contributed by atoms with Crippen LogP contribution >= 0.6 is 11.3 Å². The Hall–Kier alpha value is -2.21. The predicted molar refractivity (Wildman–Crippen MR) is 80.9 cm³/mol. The number of anilines is 1. The molecule has 20 heavy (non-hydrogen) atoms. The Morgan fingerprint density at radius 1 is 1.45 bits per heavy atom. The molecule has 0 saturated carbocycles. The van der Waals surface area contributed by atoms with Crippen LogP contribution in [0.15, 0.2) is 29.3 Å². The predicted octanol–water partition coefficient (Wildman–Crippen LogP) is 2.11. The molecule has 1 N–H and O–H groups in total. The van der Waals surface area contributed by atoms with Crippen molar-refractivity contribution in [1.29, 1.82) is 0 Å². The van der Waals surface area contributed by atoms with Gasteiger partial charge in [-0.1, -0.05) is 0 Å². The fourth-order valence-corrected chi connectivity index (χ4v) is 2.33. The number of aryl methyl sites for hydroxylation is 3. The van der Waals surface area contributed by atoms with Gasteiger partial charge in [0.05, 0.1) is 10.7 Å². The highest BCUT2D eigenvalue weighted by Crippen LogP contribution is 2.14. The van der Waals surface area contributed by atoms with Gasteiger partial charge in [0, 0.05) is 36.5 Å². The smallest absolute Gasteiger partial charge is 0.250 e. The summed E-state index contributed by atoms with van der Waals surface area (Å²) in [6.45, 7) is 3.70. The lowest BCUT2D eigenvalue weighted by molar-refractivity contribution is -0.111. The van der Waals surface area contributed by atoms with Gasteiger partial charge in [0.2, 0.25) is 5.91 Å². The zero-order valence-electron chi connectivity index (χ0n) is 11.5. The minimum absolute atomic E-state index is 0.101. The number of carbonyl (C=O) groups is 1. The fraction of sp³-hybridized carbons (Fsp3) is 0.214. The molecular formula is C14H15N3O2S. The Morgan fingerprint density at radius 3 is 2.85 bits per heavy atom. The molecule has 5 nitrogen and oxygen atoms in total. The minimum atomic E-state index is -0.238. The second-order valence-corrected chi connectivity index (χ2v) is 5.69. The number of hydrogen-bond donors (Lipinski definition) is 1. The molecule has 2 heterocycles. The normalized spacial score (nSPS) is 10.9. The van der Waals surface area contributed by atoms with Gasteiger partial charge >= 0.3 is 0 Å². The van der Waals surface area contributed by atoms with Gasteiger partial charge in [0.15, 0.2) is 0 Å². The van der Waals surface area contributed by atoms with Crippen molar-refractivity contribution in [3.05, 3.63) is 50.3 Å². The van der Waals surface area contributed by atoms with E-state index in [0.29, 0.717) is 5.69 Å². The lowest BCUT2D eigenvalue weighted by Crippen LogP contribution is -2.18. The van der Waals surface area contributed by atoms with Crippen LogP contribution in [0.2, 0.25) is 0 Å². The van der Waals surface area contributed by atoms with E-state index in [-0.39, 0.29) is 11.5 Å². The average Bonchev–Trinajstić information content (AvgIpc) is 2.79. The van der Waals surface area contributed by atoms with Gasteiger partial charge in [-0.15, -0.1) is 11.3 Å². The van der Waals surface area contributed by atoms with Crippen molar-refractivity contribution < 1.29 is 4.79 Å². The third kappa shape index (κ3) is 3.42. The molecule has 2 aromatic rings. The highest BCUT2D eigenvalue weighted by molar-refractivity contribution is 7.12. The molecule has 1 amide bonds. The second kappa shape index (κ2) is 5.83. The van der Waals surface area contributed by atoms with Crippen LogP contribution in [0.1, 0.15) is 15.4 Å². The maximum absolute atomic E-state index is 11.8. The van der Waals surface area contributed by atoms with E-state index in [2.05, 4.69) is 10.3 Å². The standard InChI is InChI=1S/C14H15N3O2S/c1-9-6-14(19)17(3)8-12(9)16-13(18)5-4-11-7-15-10(2)20-11/h4-8H,1-3H3,(H,16,18)/b5-4-. The summed E-state index contributed by atoms with van der Waals surface area (Å²) >= 11 is 1.52. The van der Waals surface area contributed by atoms with E-state index in [9.17, 15) is 9.59 Å². The highest BCUT2D eigenvalue weighted by atomic mass is 32.1. The highest BCUT2D eigenvalue weighted by Gasteiger charge is 2.04. The molecule has 0 saturated heterocycles. The average molecular weight is 289 g/mol. The summed E-state index contributed by atoms with van der Waals surface area (Å²) in [7, 11) is 1.65. The number of hydrogen-bond acceptors (Lipinski definition) is 4. The van der Waals surface area contributed by atoms with Crippen LogP contribution < -0.4 is 10.9 Å². The number of nitrogens with one attached hydrogen (secondary N) is 1. The summed E-state index contributed by atoms with van der Waals surface area (Å²) in [5, 5.41) is 3.71. The first kappa shape index (κ1) is 14.2. The van der Waals surface area contributed by atoms with Crippen molar-refractivity contribution in [3.8, 4) is 0 Å². The molecule has 0 radical (unpaired) electrons. The Bertz CT molecular complexity index is 728. The van der Waals surface area contributed by atoms with E-state index >= 15 is 0 Å². The van der Waals surface area contributed by atoms with Crippen molar-refractivity contribution in [2.45, 2.75) is 13.8 Å². The summed E-state index contributed by atoms with van der Waals surface area (Å²) in [5.41, 5.74) is 1.27. The maximum atomic E-state index is 11.8. The van der Waals surface area contributed by atoms with Gasteiger partial charge in [0.1, 0.15) is 0 Å². The molecule has 0 atom stereocenters. The van der Waals surface area contributed by atoms with E-state index in [1.165, 1.54) is 28.0 Å². The van der Waals surface area contributed by atoms with Gasteiger partial charge in [-0.05, 0) is 25.5 Å². The molecule has 0 aliphatic carbocycles. The molecule has 104 valence electrons. The number of pyridine rings is 1. The summed E-state index contributed by atoms with van der Waals surface area (Å²) in [5.74, 6) is -0.238. The van der Waals surface area contributed by atoms with Crippen molar-refractivity contribution in [2.75, 3.05) is 5.32 Å². The molecule has 0 bridgehead atoms. The zero-order chi connectivity index (χ0) is 14.7. The Labute approximate surface area is 120 Å². The van der Waals surface area contributed by atoms with Gasteiger partial charge in [0.25, 0.3) is 5.56 Å². The maximum Gasteiger partial charge on any atom is 0.250 e. The number of nitrogens with zero attached hydrogens (tertiary/aromatic N) is 2. The summed E-state index contributed by atoms with van der Waals surface area (Å²) in [6, 6.07) is 1.49. The first-order valence-corrected chi connectivity index (χ1v) is 6.86. The number of aromatic nitrogens is 2. The van der Waals surface area contributed by atoms with Gasteiger partial charge in [-0.3, -0.25) is 9.59 Å². The van der Waals surface area contributed by atoms with Crippen LogP contribution in [0.25, 0.3) is 6.08 Å². The largest absolute Gasteiger partial charge is 0.321 e. The lowest BCUT2D eigenvalue weighted by atomic mass is 10.2. The minimum Gasteiger partial charge on any atom is -0.321 e. The topological polar surface area (TPSA) is 64.0 Å². The van der Waals surface area contributed by atoms with E-state index in [4.69, 9.17) is 0 Å². The molecule has 0 spiro atoms. The molecule has 2 rings (SSSR count). The van der Waals surface area contributed by atoms with Crippen LogP contribution in [-0.2, 0) is 11.8 Å². The van der Waals surface area contributed by atoms with Crippen LogP contribution in [0.5, 0.6) is 0 Å². The van der Waals surface area contributed by atoms with Crippen molar-refractivity contribution >= 4 is 29.0 Å². The van der Waals surface area contributed by atoms with Gasteiger partial charge in [-0.2, -0.15) is 0 Å². The van der Waals surface area contributed by atoms with Crippen LogP contribution in [0.3, 0.4) is 0 Å². The third-order valence-electron chi connectivity index (χ3n) is 2.73. The van der Waals surface area contributed by atoms with Crippen molar-refractivity contribution in [3.63, 3.8) is 0 Å². The lowest BCUT2D eigenvalue weighted by Gasteiger charge is -2.07. The number of carbonyl (C=O) groups excluding carboxylic acids is 1. The number of amides is 1. The molecule has 0 aromatic carbocycles. The first-order chi connectivity index (χ1) is 9.45. The molecular weight excluding hydrogens is 274 g/mol. The molecule has 6 heteroatoms. The van der Waals surface area contributed by atoms with Crippen LogP contribution in [0.4, 0.5) is 5.69 Å². The number of rotatable bonds is 3. The molecule has 0 aliphatic heterocycles. The van der Waals surface area contributed by atoms with E-state index in [0.717, 1.165) is 15.4 Å². The first-order valence-electron chi connectivity index (χ1n) is 6.04. The SMILES string of the molecule is Cc1ncc(/C=C\C(=O)Nc2cn(C)c(=O)cc2C)s1. The van der Waals surface area contributed by atoms with E-state index < -0.39 is 0 Å². The molecule has 0 fully saturated rings. The monoisotopic (exact) mass is 289 g/mol. The Balaban J connectivity index is 2.10. The van der Waals surface area contributed by atoms with Crippen LogP contribution in [-0.4, -0.2) is 15.5 Å². The fourth-order valence-electron chi connectivity index (χ4n) is 1.64.